The van der Waals surface area contributed by atoms with E-state index in [1.54, 1.807) is 4.40 Å². The highest BCUT2D eigenvalue weighted by Crippen LogP contribution is 2.23. The summed E-state index contributed by atoms with van der Waals surface area (Å²) in [5.74, 6) is 1.19. The summed E-state index contributed by atoms with van der Waals surface area (Å²) in [5, 5.41) is 0.348. The van der Waals surface area contributed by atoms with Crippen molar-refractivity contribution < 1.29 is 4.79 Å². The normalized spacial score (nSPS) is 10.6. The summed E-state index contributed by atoms with van der Waals surface area (Å²) >= 11 is 5.92. The molecule has 0 radical (unpaired) electrons. The van der Waals surface area contributed by atoms with Crippen molar-refractivity contribution >= 4 is 29.2 Å². The van der Waals surface area contributed by atoms with E-state index in [2.05, 4.69) is 4.98 Å². The number of carbonyl (C=O) groups is 1. The predicted molar refractivity (Wildman–Crippen MR) is 59.9 cm³/mol. The van der Waals surface area contributed by atoms with E-state index in [1.807, 2.05) is 37.2 Å². The topological polar surface area (TPSA) is 37.6 Å². The third kappa shape index (κ3) is 1.47. The third-order valence-corrected chi connectivity index (χ3v) is 2.46. The van der Waals surface area contributed by atoms with E-state index in [0.29, 0.717) is 17.3 Å². The predicted octanol–water partition coefficient (Wildman–Crippen LogP) is 1.87. The summed E-state index contributed by atoms with van der Waals surface area (Å²) < 4.78 is 1.73. The maximum atomic E-state index is 10.8. The van der Waals surface area contributed by atoms with E-state index in [9.17, 15) is 4.79 Å². The number of hydrogen-bond acceptors (Lipinski definition) is 3. The lowest BCUT2D eigenvalue weighted by Gasteiger charge is -2.14. The first-order chi connectivity index (χ1) is 7.15. The summed E-state index contributed by atoms with van der Waals surface area (Å²) in [6.45, 7) is 0. The van der Waals surface area contributed by atoms with E-state index in [-0.39, 0.29) is 0 Å². The van der Waals surface area contributed by atoms with Crippen molar-refractivity contribution in [1.82, 2.24) is 9.38 Å². The summed E-state index contributed by atoms with van der Waals surface area (Å²) in [7, 11) is 3.80. The average Bonchev–Trinajstić information content (AvgIpc) is 2.55. The first kappa shape index (κ1) is 9.98. The van der Waals surface area contributed by atoms with Crippen molar-refractivity contribution in [2.75, 3.05) is 19.0 Å². The molecule has 0 unspecified atom stereocenters. The number of pyridine rings is 1. The van der Waals surface area contributed by atoms with Crippen molar-refractivity contribution in [3.05, 3.63) is 29.2 Å². The van der Waals surface area contributed by atoms with E-state index in [1.165, 1.54) is 0 Å². The molecule has 2 aromatic rings. The van der Waals surface area contributed by atoms with Gasteiger partial charge >= 0.3 is 0 Å². The molecular weight excluding hydrogens is 214 g/mol. The Morgan fingerprint density at radius 2 is 2.20 bits per heavy atom. The summed E-state index contributed by atoms with van der Waals surface area (Å²) in [6.07, 6.45) is 0.700. The first-order valence-corrected chi connectivity index (χ1v) is 4.82. The highest BCUT2D eigenvalue weighted by molar-refractivity contribution is 6.32. The number of imidazole rings is 1. The van der Waals surface area contributed by atoms with Gasteiger partial charge in [0.2, 0.25) is 0 Å². The smallest absolute Gasteiger partial charge is 0.186 e. The summed E-state index contributed by atoms with van der Waals surface area (Å²) in [6, 6.07) is 5.61. The Morgan fingerprint density at radius 1 is 1.47 bits per heavy atom. The molecule has 0 aliphatic carbocycles. The molecule has 0 amide bonds. The third-order valence-electron chi connectivity index (χ3n) is 2.19. The van der Waals surface area contributed by atoms with Crippen LogP contribution >= 0.6 is 11.6 Å². The number of halogens is 1. The van der Waals surface area contributed by atoms with Crippen LogP contribution in [-0.4, -0.2) is 29.8 Å². The molecule has 0 bridgehead atoms. The fourth-order valence-electron chi connectivity index (χ4n) is 1.54. The van der Waals surface area contributed by atoms with Gasteiger partial charge in [-0.1, -0.05) is 17.7 Å². The summed E-state index contributed by atoms with van der Waals surface area (Å²) in [5.41, 5.74) is 0.741. The molecule has 0 spiro atoms. The van der Waals surface area contributed by atoms with Crippen molar-refractivity contribution in [2.24, 2.45) is 0 Å². The Balaban J connectivity index is 2.88. The minimum Gasteiger partial charge on any atom is -0.364 e. The van der Waals surface area contributed by atoms with Crippen molar-refractivity contribution in [3.8, 4) is 0 Å². The number of aromatic nitrogens is 2. The largest absolute Gasteiger partial charge is 0.364 e. The van der Waals surface area contributed by atoms with Gasteiger partial charge in [-0.15, -0.1) is 0 Å². The zero-order valence-corrected chi connectivity index (χ0v) is 9.19. The van der Waals surface area contributed by atoms with Crippen LogP contribution in [0.3, 0.4) is 0 Å². The van der Waals surface area contributed by atoms with Crippen LogP contribution in [0.2, 0.25) is 5.15 Å². The minimum absolute atomic E-state index is 0.319. The Kier molecular flexibility index (Phi) is 2.36. The van der Waals surface area contributed by atoms with Gasteiger partial charge in [-0.3, -0.25) is 9.20 Å². The van der Waals surface area contributed by atoms with Crippen LogP contribution in [0, 0.1) is 0 Å². The Bertz CT molecular complexity index is 519. The van der Waals surface area contributed by atoms with Crippen molar-refractivity contribution in [1.29, 1.82) is 0 Å². The lowest BCUT2D eigenvalue weighted by molar-refractivity contribution is 0.111. The summed E-state index contributed by atoms with van der Waals surface area (Å²) in [4.78, 5) is 16.7. The molecule has 0 aliphatic heterocycles. The lowest BCUT2D eigenvalue weighted by atomic mass is 10.4. The van der Waals surface area contributed by atoms with Gasteiger partial charge in [-0.25, -0.2) is 4.98 Å². The second-order valence-electron chi connectivity index (χ2n) is 3.38. The molecule has 2 rings (SSSR count). The van der Waals surface area contributed by atoms with Crippen LogP contribution in [0.1, 0.15) is 10.6 Å². The van der Waals surface area contributed by atoms with E-state index in [0.717, 1.165) is 11.3 Å². The molecule has 0 saturated carbocycles. The van der Waals surface area contributed by atoms with Crippen LogP contribution in [0.15, 0.2) is 18.2 Å². The van der Waals surface area contributed by atoms with Gasteiger partial charge in [0.25, 0.3) is 0 Å². The Labute approximate surface area is 92.1 Å². The van der Waals surface area contributed by atoms with Gasteiger partial charge < -0.3 is 4.90 Å². The van der Waals surface area contributed by atoms with Crippen molar-refractivity contribution in [2.45, 2.75) is 0 Å². The van der Waals surface area contributed by atoms with Crippen molar-refractivity contribution in [3.63, 3.8) is 0 Å². The van der Waals surface area contributed by atoms with Gasteiger partial charge in [0, 0.05) is 14.1 Å². The molecule has 0 aromatic carbocycles. The molecule has 78 valence electrons. The minimum atomic E-state index is 0.319. The first-order valence-electron chi connectivity index (χ1n) is 4.44. The fourth-order valence-corrected chi connectivity index (χ4v) is 1.77. The standard InChI is InChI=1S/C10H10ClN3O/c1-13(2)9-5-3-4-7-10(11)12-8(6-15)14(7)9/h3-6H,1-2H3. The molecular formula is C10H10ClN3O. The number of rotatable bonds is 2. The number of aldehydes is 1. The molecule has 15 heavy (non-hydrogen) atoms. The Morgan fingerprint density at radius 3 is 2.80 bits per heavy atom. The molecule has 2 aromatic heterocycles. The van der Waals surface area contributed by atoms with Gasteiger partial charge in [0.1, 0.15) is 5.82 Å². The highest BCUT2D eigenvalue weighted by Gasteiger charge is 2.12. The lowest BCUT2D eigenvalue weighted by Crippen LogP contribution is -2.13. The number of fused-ring (bicyclic) bond motifs is 1. The molecule has 0 atom stereocenters. The maximum Gasteiger partial charge on any atom is 0.186 e. The Hall–Kier alpha value is -1.55. The molecule has 4 nitrogen and oxygen atoms in total. The molecule has 5 heteroatoms. The van der Waals surface area contributed by atoms with E-state index in [4.69, 9.17) is 11.6 Å². The van der Waals surface area contributed by atoms with Crippen LogP contribution in [0.4, 0.5) is 5.82 Å². The highest BCUT2D eigenvalue weighted by atomic mass is 35.5. The number of anilines is 1. The zero-order chi connectivity index (χ0) is 11.0. The monoisotopic (exact) mass is 223 g/mol. The fraction of sp³-hybridized carbons (Fsp3) is 0.200. The molecule has 0 N–H and O–H groups in total. The van der Waals surface area contributed by atoms with Gasteiger partial charge in [0.05, 0.1) is 5.52 Å². The van der Waals surface area contributed by atoms with Crippen LogP contribution in [-0.2, 0) is 0 Å². The second-order valence-corrected chi connectivity index (χ2v) is 3.74. The second kappa shape index (κ2) is 3.55. The van der Waals surface area contributed by atoms with E-state index < -0.39 is 0 Å². The molecule has 0 saturated heterocycles. The van der Waals surface area contributed by atoms with Gasteiger partial charge in [-0.05, 0) is 12.1 Å². The van der Waals surface area contributed by atoms with E-state index >= 15 is 0 Å². The van der Waals surface area contributed by atoms with Gasteiger partial charge in [0.15, 0.2) is 17.3 Å². The van der Waals surface area contributed by atoms with Crippen LogP contribution in [0.25, 0.3) is 5.52 Å². The molecule has 0 aliphatic rings. The van der Waals surface area contributed by atoms with Crippen LogP contribution in [0.5, 0.6) is 0 Å². The number of nitrogens with zero attached hydrogens (tertiary/aromatic N) is 3. The average molecular weight is 224 g/mol. The maximum absolute atomic E-state index is 10.8. The molecule has 0 fully saturated rings. The SMILES string of the molecule is CN(C)c1cccc2c(Cl)nc(C=O)n12. The number of carbonyl (C=O) groups excluding carboxylic acids is 1. The van der Waals surface area contributed by atoms with Crippen LogP contribution < -0.4 is 4.90 Å². The zero-order valence-electron chi connectivity index (χ0n) is 8.44. The number of hydrogen-bond donors (Lipinski definition) is 0. The quantitative estimate of drug-likeness (QED) is 0.730. The molecule has 2 heterocycles. The van der Waals surface area contributed by atoms with Gasteiger partial charge in [-0.2, -0.15) is 0 Å².